The molecule has 14 nitrogen and oxygen atoms in total. The summed E-state index contributed by atoms with van der Waals surface area (Å²) in [6.07, 6.45) is 2.90. The maximum Gasteiger partial charge on any atom is 0.346 e. The van der Waals surface area contributed by atoms with E-state index in [1.807, 2.05) is 0 Å². The van der Waals surface area contributed by atoms with E-state index in [0.717, 1.165) is 22.7 Å². The summed E-state index contributed by atoms with van der Waals surface area (Å²) in [6, 6.07) is 18.6. The van der Waals surface area contributed by atoms with Gasteiger partial charge in [0, 0.05) is 44.7 Å². The van der Waals surface area contributed by atoms with Gasteiger partial charge in [-0.1, -0.05) is 18.7 Å². The van der Waals surface area contributed by atoms with Crippen LogP contribution in [0.5, 0.6) is 0 Å². The summed E-state index contributed by atoms with van der Waals surface area (Å²) in [4.78, 5) is 60.0. The fourth-order valence-corrected chi connectivity index (χ4v) is 8.80. The van der Waals surface area contributed by atoms with Gasteiger partial charge in [-0.05, 0) is 61.5 Å². The Morgan fingerprint density at radius 3 is 1.87 bits per heavy atom. The van der Waals surface area contributed by atoms with Gasteiger partial charge in [0.15, 0.2) is 0 Å². The Kier molecular flexibility index (Phi) is 9.07. The number of nitrogens with two attached hydrogens (primary N) is 2. The maximum absolute atomic E-state index is 12.8. The first-order chi connectivity index (χ1) is 26.4. The number of carbonyl (C=O) groups is 4. The van der Waals surface area contributed by atoms with Crippen molar-refractivity contribution in [1.29, 1.82) is 10.5 Å². The van der Waals surface area contributed by atoms with Gasteiger partial charge in [-0.15, -0.1) is 22.7 Å². The lowest BCUT2D eigenvalue weighted by atomic mass is 10.00. The summed E-state index contributed by atoms with van der Waals surface area (Å²) in [5.41, 5.74) is 14.3. The van der Waals surface area contributed by atoms with Gasteiger partial charge in [-0.2, -0.15) is 10.5 Å². The normalized spacial score (nSPS) is 11.5. The van der Waals surface area contributed by atoms with Crippen molar-refractivity contribution in [1.82, 2.24) is 19.1 Å². The van der Waals surface area contributed by atoms with E-state index in [-0.39, 0.29) is 67.9 Å². The van der Waals surface area contributed by atoms with Gasteiger partial charge < -0.3 is 30.8 Å². The first kappa shape index (κ1) is 36.0. The van der Waals surface area contributed by atoms with E-state index in [0.29, 0.717) is 42.6 Å². The monoisotopic (exact) mass is 766 g/mol. The highest BCUT2D eigenvalue weighted by Crippen LogP contribution is 2.43. The van der Waals surface area contributed by atoms with Crippen molar-refractivity contribution < 1.29 is 29.4 Å². The number of aromatic carboxylic acids is 2. The molecule has 0 aliphatic heterocycles. The summed E-state index contributed by atoms with van der Waals surface area (Å²) in [7, 11) is 0. The minimum absolute atomic E-state index is 0.0559. The van der Waals surface area contributed by atoms with Gasteiger partial charge in [0.25, 0.3) is 0 Å². The van der Waals surface area contributed by atoms with Crippen LogP contribution < -0.4 is 11.5 Å². The molecule has 270 valence electrons. The molecule has 0 aliphatic rings. The zero-order chi connectivity index (χ0) is 39.3. The van der Waals surface area contributed by atoms with Gasteiger partial charge in [0.2, 0.25) is 11.8 Å². The van der Waals surface area contributed by atoms with E-state index < -0.39 is 23.8 Å². The van der Waals surface area contributed by atoms with Crippen LogP contribution >= 0.6 is 22.7 Å². The molecule has 3 aromatic carbocycles. The number of nitriles is 2. The molecule has 0 atom stereocenters. The Balaban J connectivity index is 1.52. The van der Waals surface area contributed by atoms with Crippen LogP contribution in [0.2, 0.25) is 0 Å². The molecule has 0 bridgehead atoms. The average molecular weight is 767 g/mol. The zero-order valence-corrected chi connectivity index (χ0v) is 30.3. The van der Waals surface area contributed by atoms with E-state index in [1.54, 1.807) is 46.4 Å². The number of fused-ring (bicyclic) bond motifs is 3. The third kappa shape index (κ3) is 5.97. The second-order valence-corrected chi connectivity index (χ2v) is 14.5. The predicted molar refractivity (Wildman–Crippen MR) is 208 cm³/mol. The summed E-state index contributed by atoms with van der Waals surface area (Å²) >= 11 is 1.98. The molecule has 16 heteroatoms. The Morgan fingerprint density at radius 1 is 0.836 bits per heavy atom. The number of hydrogen-bond acceptors (Lipinski definition) is 10. The molecule has 55 heavy (non-hydrogen) atoms. The molecule has 7 aromatic rings. The van der Waals surface area contributed by atoms with E-state index in [1.165, 1.54) is 36.4 Å². The number of aryl methyl sites for hydroxylation is 3. The van der Waals surface area contributed by atoms with Crippen molar-refractivity contribution >= 4 is 84.2 Å². The molecule has 0 unspecified atom stereocenters. The number of rotatable bonds is 11. The molecule has 4 heterocycles. The number of primary amides is 2. The lowest BCUT2D eigenvalue weighted by Gasteiger charge is -2.15. The quantitative estimate of drug-likeness (QED) is 0.0815. The number of thiophene rings is 2. The summed E-state index contributed by atoms with van der Waals surface area (Å²) in [5.74, 6) is -3.49. The van der Waals surface area contributed by atoms with Crippen molar-refractivity contribution in [3.8, 4) is 34.9 Å². The van der Waals surface area contributed by atoms with Crippen molar-refractivity contribution in [3.63, 3.8) is 0 Å². The standard InChI is InChI=1S/C39H26N8O6S2/c1-3-5-21(16-40)28-18(2)54-32(38(50)51)30(28)36-44-23-14-19(34(42)48)8-10-25(23)46(36)12-13-47-26-11-9-20(35(43)49)15-24(26)45-37(47)31-29-22(17-41)6-4-7-27(29)55-33(31)39(52)53/h3-11,14-15H,1,12-13H2,2H3,(H2,42,48)(H2,43,49)(H,50,51)(H,52,53)/b21-5-. The number of aromatic nitrogens is 4. The fraction of sp³-hybridized carbons (Fsp3) is 0.0769. The molecule has 0 radical (unpaired) electrons. The molecule has 0 saturated heterocycles. The lowest BCUT2D eigenvalue weighted by Crippen LogP contribution is -2.12. The number of hydrogen-bond donors (Lipinski definition) is 4. The van der Waals surface area contributed by atoms with Crippen LogP contribution in [0.1, 0.15) is 56.1 Å². The highest BCUT2D eigenvalue weighted by molar-refractivity contribution is 7.21. The van der Waals surface area contributed by atoms with Crippen molar-refractivity contribution in [3.05, 3.63) is 110 Å². The second kappa shape index (κ2) is 13.9. The maximum atomic E-state index is 12.8. The molecule has 0 fully saturated rings. The smallest absolute Gasteiger partial charge is 0.346 e. The Labute approximate surface area is 318 Å². The Hall–Kier alpha value is -7.40. The van der Waals surface area contributed by atoms with Crippen molar-refractivity contribution in [2.24, 2.45) is 11.5 Å². The number of carbonyl (C=O) groups excluding carboxylic acids is 2. The average Bonchev–Trinajstić information content (AvgIpc) is 3.92. The highest BCUT2D eigenvalue weighted by atomic mass is 32.1. The molecule has 0 aliphatic carbocycles. The minimum atomic E-state index is -1.24. The van der Waals surface area contributed by atoms with Crippen molar-refractivity contribution in [2.75, 3.05) is 0 Å². The molecule has 6 N–H and O–H groups in total. The van der Waals surface area contributed by atoms with E-state index in [9.17, 15) is 39.9 Å². The summed E-state index contributed by atoms with van der Waals surface area (Å²) in [6.45, 7) is 5.54. The minimum Gasteiger partial charge on any atom is -0.477 e. The van der Waals surface area contributed by atoms with Crippen LogP contribution in [0.25, 0.3) is 60.5 Å². The number of amides is 2. The SMILES string of the molecule is C=C/C=C(/C#N)c1c(C)sc(C(=O)O)c1-c1nc2cc(C(N)=O)ccc2n1CCn1c(-c2c(C(=O)O)sc3cccc(C#N)c23)nc2cc(C(N)=O)ccc21. The first-order valence-corrected chi connectivity index (χ1v) is 17.9. The van der Waals surface area contributed by atoms with Crippen LogP contribution in [0.3, 0.4) is 0 Å². The first-order valence-electron chi connectivity index (χ1n) is 16.3. The third-order valence-corrected chi connectivity index (χ3v) is 11.3. The van der Waals surface area contributed by atoms with Gasteiger partial charge in [-0.25, -0.2) is 19.6 Å². The number of nitrogens with zero attached hydrogens (tertiary/aromatic N) is 6. The third-order valence-electron chi connectivity index (χ3n) is 9.04. The van der Waals surface area contributed by atoms with Crippen LogP contribution in [0, 0.1) is 29.6 Å². The predicted octanol–water partition coefficient (Wildman–Crippen LogP) is 6.56. The Bertz CT molecular complexity index is 2970. The second-order valence-electron chi connectivity index (χ2n) is 12.2. The van der Waals surface area contributed by atoms with Gasteiger partial charge in [-0.3, -0.25) is 9.59 Å². The largest absolute Gasteiger partial charge is 0.477 e. The molecule has 0 spiro atoms. The molecule has 7 rings (SSSR count). The number of allylic oxidation sites excluding steroid dienone is 3. The van der Waals surface area contributed by atoms with Crippen molar-refractivity contribution in [2.45, 2.75) is 20.0 Å². The molecular formula is C39H26N8O6S2. The highest BCUT2D eigenvalue weighted by Gasteiger charge is 2.30. The molecule has 4 aromatic heterocycles. The Morgan fingerprint density at radius 2 is 1.38 bits per heavy atom. The van der Waals surface area contributed by atoms with E-state index in [2.05, 4.69) is 18.7 Å². The van der Waals surface area contributed by atoms with Crippen LogP contribution in [-0.2, 0) is 13.1 Å². The van der Waals surface area contributed by atoms with Gasteiger partial charge in [0.05, 0.1) is 56.5 Å². The number of carboxylic acids is 2. The van der Waals surface area contributed by atoms with E-state index in [4.69, 9.17) is 21.4 Å². The molecule has 2 amide bonds. The van der Waals surface area contributed by atoms with Gasteiger partial charge in [0.1, 0.15) is 21.4 Å². The van der Waals surface area contributed by atoms with Crippen LogP contribution in [0.15, 0.2) is 73.3 Å². The van der Waals surface area contributed by atoms with E-state index >= 15 is 0 Å². The lowest BCUT2D eigenvalue weighted by molar-refractivity contribution is 0.0692. The topological polar surface area (TPSA) is 244 Å². The summed E-state index contributed by atoms with van der Waals surface area (Å²) in [5, 5.41) is 41.4. The van der Waals surface area contributed by atoms with Crippen LogP contribution in [0.4, 0.5) is 0 Å². The summed E-state index contributed by atoms with van der Waals surface area (Å²) < 4.78 is 4.06. The van der Waals surface area contributed by atoms with Crippen LogP contribution in [-0.4, -0.2) is 53.1 Å². The number of imidazole rings is 2. The molecular weight excluding hydrogens is 741 g/mol. The number of benzene rings is 3. The van der Waals surface area contributed by atoms with Gasteiger partial charge >= 0.3 is 11.9 Å². The fourth-order valence-electron chi connectivity index (χ4n) is 6.73. The number of carboxylic acid groups (broad SMARTS) is 2. The molecule has 0 saturated carbocycles. The zero-order valence-electron chi connectivity index (χ0n) is 28.7.